The van der Waals surface area contributed by atoms with E-state index in [0.29, 0.717) is 11.9 Å². The summed E-state index contributed by atoms with van der Waals surface area (Å²) in [6.07, 6.45) is 10.0. The molecule has 23 heavy (non-hydrogen) atoms. The zero-order valence-electron chi connectivity index (χ0n) is 13.0. The molecule has 4 heterocycles. The summed E-state index contributed by atoms with van der Waals surface area (Å²) in [5.74, 6) is 0.703. The van der Waals surface area contributed by atoms with E-state index in [1.54, 1.807) is 23.7 Å². The van der Waals surface area contributed by atoms with Crippen molar-refractivity contribution in [1.82, 2.24) is 29.6 Å². The van der Waals surface area contributed by atoms with E-state index in [4.69, 9.17) is 4.98 Å². The highest BCUT2D eigenvalue weighted by Crippen LogP contribution is 2.33. The SMILES string of the molecule is Cn1cc(C2CCCN2Cc2csc(-c3ncccn3)n2)cn1. The molecule has 1 saturated heterocycles. The lowest BCUT2D eigenvalue weighted by atomic mass is 10.1. The lowest BCUT2D eigenvalue weighted by Gasteiger charge is -2.22. The van der Waals surface area contributed by atoms with Crippen molar-refractivity contribution in [3.05, 3.63) is 47.5 Å². The first-order valence-electron chi connectivity index (χ1n) is 7.74. The molecule has 118 valence electrons. The molecule has 3 aromatic heterocycles. The number of aromatic nitrogens is 5. The van der Waals surface area contributed by atoms with Gasteiger partial charge in [-0.05, 0) is 25.5 Å². The third kappa shape index (κ3) is 3.02. The average Bonchev–Trinajstić information content (AvgIpc) is 3.29. The van der Waals surface area contributed by atoms with Crippen LogP contribution in [0.15, 0.2) is 36.2 Å². The molecular weight excluding hydrogens is 308 g/mol. The maximum Gasteiger partial charge on any atom is 0.188 e. The number of likely N-dealkylation sites (tertiary alicyclic amines) is 1. The van der Waals surface area contributed by atoms with Gasteiger partial charge in [0.2, 0.25) is 0 Å². The minimum atomic E-state index is 0.446. The van der Waals surface area contributed by atoms with E-state index in [1.807, 2.05) is 24.0 Å². The van der Waals surface area contributed by atoms with E-state index in [0.717, 1.165) is 23.8 Å². The standard InChI is InChI=1S/C16H18N6S/c1-21-9-12(8-19-21)14-4-2-7-22(14)10-13-11-23-16(20-13)15-17-5-3-6-18-15/h3,5-6,8-9,11,14H,2,4,7,10H2,1H3. The summed E-state index contributed by atoms with van der Waals surface area (Å²) in [5.41, 5.74) is 2.39. The van der Waals surface area contributed by atoms with Gasteiger partial charge in [-0.2, -0.15) is 5.10 Å². The summed E-state index contributed by atoms with van der Waals surface area (Å²) in [5, 5.41) is 7.31. The number of rotatable bonds is 4. The summed E-state index contributed by atoms with van der Waals surface area (Å²) in [6, 6.07) is 2.27. The second-order valence-corrected chi connectivity index (χ2v) is 6.65. The number of thiazole rings is 1. The molecule has 0 aliphatic carbocycles. The predicted molar refractivity (Wildman–Crippen MR) is 88.7 cm³/mol. The van der Waals surface area contributed by atoms with Crippen molar-refractivity contribution < 1.29 is 0 Å². The molecule has 3 aromatic rings. The van der Waals surface area contributed by atoms with Crippen molar-refractivity contribution in [2.75, 3.05) is 6.54 Å². The molecule has 4 rings (SSSR count). The van der Waals surface area contributed by atoms with Crippen LogP contribution in [0.5, 0.6) is 0 Å². The number of nitrogens with zero attached hydrogens (tertiary/aromatic N) is 6. The Balaban J connectivity index is 1.50. The predicted octanol–water partition coefficient (Wildman–Crippen LogP) is 2.67. The van der Waals surface area contributed by atoms with Gasteiger partial charge in [0.25, 0.3) is 0 Å². The zero-order chi connectivity index (χ0) is 15.6. The Kier molecular flexibility index (Phi) is 3.88. The monoisotopic (exact) mass is 326 g/mol. The minimum absolute atomic E-state index is 0.446. The van der Waals surface area contributed by atoms with Crippen molar-refractivity contribution in [2.24, 2.45) is 7.05 Å². The first-order valence-corrected chi connectivity index (χ1v) is 8.62. The summed E-state index contributed by atoms with van der Waals surface area (Å²) in [7, 11) is 1.97. The van der Waals surface area contributed by atoms with Gasteiger partial charge in [-0.3, -0.25) is 9.58 Å². The van der Waals surface area contributed by atoms with Gasteiger partial charge in [0.05, 0.1) is 11.9 Å². The van der Waals surface area contributed by atoms with Gasteiger partial charge in [-0.1, -0.05) is 0 Å². The molecule has 6 nitrogen and oxygen atoms in total. The van der Waals surface area contributed by atoms with Gasteiger partial charge >= 0.3 is 0 Å². The van der Waals surface area contributed by atoms with Gasteiger partial charge in [-0.15, -0.1) is 11.3 Å². The lowest BCUT2D eigenvalue weighted by Crippen LogP contribution is -2.22. The molecule has 0 aromatic carbocycles. The van der Waals surface area contributed by atoms with Gasteiger partial charge in [0.1, 0.15) is 0 Å². The normalized spacial score (nSPS) is 18.6. The van der Waals surface area contributed by atoms with E-state index >= 15 is 0 Å². The highest BCUT2D eigenvalue weighted by molar-refractivity contribution is 7.13. The van der Waals surface area contributed by atoms with Crippen LogP contribution in [-0.4, -0.2) is 36.2 Å². The molecule has 0 amide bonds. The fourth-order valence-corrected chi connectivity index (χ4v) is 3.86. The van der Waals surface area contributed by atoms with Crippen molar-refractivity contribution in [3.8, 4) is 10.8 Å². The Bertz CT molecular complexity index is 781. The Morgan fingerprint density at radius 1 is 1.30 bits per heavy atom. The average molecular weight is 326 g/mol. The van der Waals surface area contributed by atoms with Crippen LogP contribution in [0.1, 0.15) is 30.1 Å². The lowest BCUT2D eigenvalue weighted by molar-refractivity contribution is 0.246. The second-order valence-electron chi connectivity index (χ2n) is 5.79. The van der Waals surface area contributed by atoms with Crippen LogP contribution in [0, 0.1) is 0 Å². The van der Waals surface area contributed by atoms with Gasteiger partial charge in [-0.25, -0.2) is 15.0 Å². The third-order valence-corrected chi connectivity index (χ3v) is 5.03. The van der Waals surface area contributed by atoms with Gasteiger partial charge < -0.3 is 0 Å². The fourth-order valence-electron chi connectivity index (χ4n) is 3.10. The van der Waals surface area contributed by atoms with Crippen molar-refractivity contribution in [1.29, 1.82) is 0 Å². The Morgan fingerprint density at radius 3 is 2.96 bits per heavy atom. The highest BCUT2D eigenvalue weighted by Gasteiger charge is 2.27. The third-order valence-electron chi connectivity index (χ3n) is 4.15. The molecule has 0 radical (unpaired) electrons. The van der Waals surface area contributed by atoms with E-state index in [-0.39, 0.29) is 0 Å². The van der Waals surface area contributed by atoms with Crippen LogP contribution < -0.4 is 0 Å². The van der Waals surface area contributed by atoms with Crippen LogP contribution in [0.3, 0.4) is 0 Å². The van der Waals surface area contributed by atoms with Crippen molar-refractivity contribution in [2.45, 2.75) is 25.4 Å². The van der Waals surface area contributed by atoms with Crippen LogP contribution in [0.25, 0.3) is 10.8 Å². The molecule has 1 aliphatic rings. The van der Waals surface area contributed by atoms with Gasteiger partial charge in [0.15, 0.2) is 10.8 Å². The summed E-state index contributed by atoms with van der Waals surface area (Å²) >= 11 is 1.61. The smallest absolute Gasteiger partial charge is 0.188 e. The topological polar surface area (TPSA) is 59.7 Å². The van der Waals surface area contributed by atoms with Gasteiger partial charge in [0, 0.05) is 49.2 Å². The van der Waals surface area contributed by atoms with E-state index in [1.165, 1.54) is 18.4 Å². The molecule has 0 saturated carbocycles. The number of aryl methyl sites for hydroxylation is 1. The van der Waals surface area contributed by atoms with Crippen molar-refractivity contribution in [3.63, 3.8) is 0 Å². The Labute approximate surface area is 138 Å². The summed E-state index contributed by atoms with van der Waals surface area (Å²) in [4.78, 5) is 15.7. The minimum Gasteiger partial charge on any atom is -0.290 e. The summed E-state index contributed by atoms with van der Waals surface area (Å²) < 4.78 is 1.87. The number of hydrogen-bond donors (Lipinski definition) is 0. The molecule has 1 aliphatic heterocycles. The van der Waals surface area contributed by atoms with Crippen LogP contribution in [-0.2, 0) is 13.6 Å². The molecule has 1 fully saturated rings. The second kappa shape index (κ2) is 6.17. The Morgan fingerprint density at radius 2 is 2.17 bits per heavy atom. The van der Waals surface area contributed by atoms with E-state index < -0.39 is 0 Å². The summed E-state index contributed by atoms with van der Waals surface area (Å²) in [6.45, 7) is 1.97. The molecule has 7 heteroatoms. The molecular formula is C16H18N6S. The van der Waals surface area contributed by atoms with Crippen LogP contribution in [0.4, 0.5) is 0 Å². The zero-order valence-corrected chi connectivity index (χ0v) is 13.8. The van der Waals surface area contributed by atoms with Crippen molar-refractivity contribution >= 4 is 11.3 Å². The maximum absolute atomic E-state index is 4.71. The Hall–Kier alpha value is -2.12. The fraction of sp³-hybridized carbons (Fsp3) is 0.375. The largest absolute Gasteiger partial charge is 0.290 e. The molecule has 1 atom stereocenters. The van der Waals surface area contributed by atoms with Crippen LogP contribution in [0.2, 0.25) is 0 Å². The molecule has 0 bridgehead atoms. The van der Waals surface area contributed by atoms with E-state index in [2.05, 4.69) is 31.5 Å². The highest BCUT2D eigenvalue weighted by atomic mass is 32.1. The molecule has 0 N–H and O–H groups in total. The number of hydrogen-bond acceptors (Lipinski definition) is 6. The molecule has 0 spiro atoms. The first kappa shape index (κ1) is 14.5. The molecule has 1 unspecified atom stereocenters. The quantitative estimate of drug-likeness (QED) is 0.738. The van der Waals surface area contributed by atoms with Crippen LogP contribution >= 0.6 is 11.3 Å². The van der Waals surface area contributed by atoms with E-state index in [9.17, 15) is 0 Å². The first-order chi connectivity index (χ1) is 11.3. The maximum atomic E-state index is 4.71.